The molecule has 0 spiro atoms. The maximum atomic E-state index is 11.7. The second-order valence-electron chi connectivity index (χ2n) is 5.02. The largest absolute Gasteiger partial charge is 0.468 e. The van der Waals surface area contributed by atoms with Crippen molar-refractivity contribution in [3.05, 3.63) is 22.4 Å². The van der Waals surface area contributed by atoms with Crippen LogP contribution in [-0.4, -0.2) is 31.3 Å². The molecule has 1 rings (SSSR count). The van der Waals surface area contributed by atoms with Crippen LogP contribution in [0.1, 0.15) is 32.3 Å². The lowest BCUT2D eigenvalue weighted by Crippen LogP contribution is -2.36. The first-order valence-electron chi connectivity index (χ1n) is 5.90. The highest BCUT2D eigenvalue weighted by Crippen LogP contribution is 2.19. The second-order valence-corrected chi connectivity index (χ2v) is 5.80. The fourth-order valence-electron chi connectivity index (χ4n) is 1.45. The summed E-state index contributed by atoms with van der Waals surface area (Å²) in [6.45, 7) is 5.49. The van der Waals surface area contributed by atoms with E-state index in [0.29, 0.717) is 0 Å². The number of methoxy groups -OCH3 is 1. The summed E-state index contributed by atoms with van der Waals surface area (Å²) in [7, 11) is 1.33. The quantitative estimate of drug-likeness (QED) is 0.863. The van der Waals surface area contributed by atoms with Crippen LogP contribution in [0.25, 0.3) is 0 Å². The van der Waals surface area contributed by atoms with Gasteiger partial charge in [-0.2, -0.15) is 11.3 Å². The lowest BCUT2D eigenvalue weighted by Gasteiger charge is -2.21. The number of nitrogens with one attached hydrogen (secondary N) is 1. The standard InChI is InChI=1S/C13H19NO4S/c1-13(2,3)18-12(16)14-7-10(11(15)17-4)9-5-6-19-8-9/h5-6,8,10H,7H2,1-4H3,(H,14,16). The Bertz CT molecular complexity index is 422. The maximum Gasteiger partial charge on any atom is 0.407 e. The van der Waals surface area contributed by atoms with Crippen molar-refractivity contribution in [2.75, 3.05) is 13.7 Å². The SMILES string of the molecule is COC(=O)C(CNC(=O)OC(C)(C)C)c1ccsc1. The van der Waals surface area contributed by atoms with Crippen LogP contribution in [0, 0.1) is 0 Å². The molecule has 5 nitrogen and oxygen atoms in total. The number of esters is 1. The molecule has 1 amide bonds. The molecule has 0 aliphatic carbocycles. The third-order valence-corrected chi connectivity index (χ3v) is 2.98. The van der Waals surface area contributed by atoms with Gasteiger partial charge < -0.3 is 14.8 Å². The molecule has 19 heavy (non-hydrogen) atoms. The monoisotopic (exact) mass is 285 g/mol. The molecule has 0 aliphatic heterocycles. The van der Waals surface area contributed by atoms with Gasteiger partial charge in [-0.15, -0.1) is 0 Å². The molecule has 0 saturated heterocycles. The maximum absolute atomic E-state index is 11.7. The van der Waals surface area contributed by atoms with Gasteiger partial charge in [0.1, 0.15) is 11.5 Å². The van der Waals surface area contributed by atoms with E-state index in [1.807, 2.05) is 16.8 Å². The molecule has 106 valence electrons. The zero-order valence-corrected chi connectivity index (χ0v) is 12.4. The van der Waals surface area contributed by atoms with Gasteiger partial charge in [-0.1, -0.05) is 0 Å². The Morgan fingerprint density at radius 3 is 2.58 bits per heavy atom. The molecule has 1 atom stereocenters. The number of amides is 1. The highest BCUT2D eigenvalue weighted by atomic mass is 32.1. The molecule has 0 radical (unpaired) electrons. The molecule has 0 bridgehead atoms. The van der Waals surface area contributed by atoms with Gasteiger partial charge in [-0.3, -0.25) is 4.79 Å². The van der Waals surface area contributed by atoms with E-state index >= 15 is 0 Å². The van der Waals surface area contributed by atoms with E-state index in [-0.39, 0.29) is 12.5 Å². The molecular formula is C13H19NO4S. The number of rotatable bonds is 4. The summed E-state index contributed by atoms with van der Waals surface area (Å²) in [4.78, 5) is 23.3. The number of carbonyl (C=O) groups is 2. The van der Waals surface area contributed by atoms with Crippen LogP contribution in [-0.2, 0) is 14.3 Å². The van der Waals surface area contributed by atoms with E-state index in [0.717, 1.165) is 5.56 Å². The van der Waals surface area contributed by atoms with Crippen molar-refractivity contribution in [1.29, 1.82) is 0 Å². The summed E-state index contributed by atoms with van der Waals surface area (Å²) < 4.78 is 9.86. The lowest BCUT2D eigenvalue weighted by atomic mass is 10.0. The van der Waals surface area contributed by atoms with Gasteiger partial charge in [0.25, 0.3) is 0 Å². The molecule has 1 heterocycles. The number of alkyl carbamates (subject to hydrolysis) is 1. The zero-order chi connectivity index (χ0) is 14.5. The summed E-state index contributed by atoms with van der Waals surface area (Å²) in [6.07, 6.45) is -0.545. The number of carbonyl (C=O) groups excluding carboxylic acids is 2. The average Bonchev–Trinajstić information content (AvgIpc) is 2.80. The van der Waals surface area contributed by atoms with E-state index in [9.17, 15) is 9.59 Å². The fraction of sp³-hybridized carbons (Fsp3) is 0.538. The van der Waals surface area contributed by atoms with Crippen LogP contribution in [0.5, 0.6) is 0 Å². The van der Waals surface area contributed by atoms with Crippen LogP contribution >= 0.6 is 11.3 Å². The summed E-state index contributed by atoms with van der Waals surface area (Å²) in [5, 5.41) is 6.32. The summed E-state index contributed by atoms with van der Waals surface area (Å²) in [6, 6.07) is 1.84. The second kappa shape index (κ2) is 6.56. The van der Waals surface area contributed by atoms with Gasteiger partial charge in [0.05, 0.1) is 7.11 Å². The fourth-order valence-corrected chi connectivity index (χ4v) is 2.17. The molecular weight excluding hydrogens is 266 g/mol. The van der Waals surface area contributed by atoms with E-state index in [1.165, 1.54) is 18.4 Å². The average molecular weight is 285 g/mol. The van der Waals surface area contributed by atoms with Crippen molar-refractivity contribution in [1.82, 2.24) is 5.32 Å². The molecule has 0 aliphatic rings. The summed E-state index contributed by atoms with van der Waals surface area (Å²) in [5.74, 6) is -0.891. The first-order valence-corrected chi connectivity index (χ1v) is 6.84. The predicted molar refractivity (Wildman–Crippen MR) is 73.3 cm³/mol. The molecule has 1 N–H and O–H groups in total. The molecule has 1 unspecified atom stereocenters. The van der Waals surface area contributed by atoms with Crippen molar-refractivity contribution >= 4 is 23.4 Å². The van der Waals surface area contributed by atoms with Crippen LogP contribution in [0.3, 0.4) is 0 Å². The topological polar surface area (TPSA) is 64.6 Å². The highest BCUT2D eigenvalue weighted by molar-refractivity contribution is 7.08. The Labute approximate surface area is 116 Å². The van der Waals surface area contributed by atoms with Gasteiger partial charge in [0.2, 0.25) is 0 Å². The third-order valence-electron chi connectivity index (χ3n) is 2.28. The van der Waals surface area contributed by atoms with Gasteiger partial charge in [-0.05, 0) is 43.2 Å². The van der Waals surface area contributed by atoms with Gasteiger partial charge >= 0.3 is 12.1 Å². The number of hydrogen-bond donors (Lipinski definition) is 1. The molecule has 0 aromatic carbocycles. The van der Waals surface area contributed by atoms with Crippen molar-refractivity contribution in [3.63, 3.8) is 0 Å². The van der Waals surface area contributed by atoms with Crippen LogP contribution < -0.4 is 5.32 Å². The predicted octanol–water partition coefficient (Wildman–Crippen LogP) is 2.53. The molecule has 1 aromatic rings. The lowest BCUT2D eigenvalue weighted by molar-refractivity contribution is -0.142. The Hall–Kier alpha value is -1.56. The Kier molecular flexibility index (Phi) is 5.35. The smallest absolute Gasteiger partial charge is 0.407 e. The van der Waals surface area contributed by atoms with Gasteiger partial charge in [-0.25, -0.2) is 4.79 Å². The van der Waals surface area contributed by atoms with E-state index in [1.54, 1.807) is 20.8 Å². The normalized spacial score (nSPS) is 12.6. The van der Waals surface area contributed by atoms with Crippen LogP contribution in [0.2, 0.25) is 0 Å². The van der Waals surface area contributed by atoms with E-state index in [2.05, 4.69) is 5.32 Å². The minimum Gasteiger partial charge on any atom is -0.468 e. The van der Waals surface area contributed by atoms with Crippen LogP contribution in [0.15, 0.2) is 16.8 Å². The molecule has 6 heteroatoms. The zero-order valence-electron chi connectivity index (χ0n) is 11.6. The minimum atomic E-state index is -0.562. The summed E-state index contributed by atoms with van der Waals surface area (Å²) in [5.41, 5.74) is 0.264. The van der Waals surface area contributed by atoms with Gasteiger partial charge in [0, 0.05) is 6.54 Å². The Balaban J connectivity index is 2.60. The van der Waals surface area contributed by atoms with Crippen molar-refractivity contribution in [2.45, 2.75) is 32.3 Å². The summed E-state index contributed by atoms with van der Waals surface area (Å²) >= 11 is 1.49. The minimum absolute atomic E-state index is 0.151. The third kappa shape index (κ3) is 5.30. The Morgan fingerprint density at radius 1 is 1.42 bits per heavy atom. The Morgan fingerprint density at radius 2 is 2.11 bits per heavy atom. The number of hydrogen-bond acceptors (Lipinski definition) is 5. The number of ether oxygens (including phenoxy) is 2. The van der Waals surface area contributed by atoms with Crippen molar-refractivity contribution in [3.8, 4) is 0 Å². The van der Waals surface area contributed by atoms with E-state index in [4.69, 9.17) is 9.47 Å². The first-order chi connectivity index (χ1) is 8.83. The van der Waals surface area contributed by atoms with Crippen LogP contribution in [0.4, 0.5) is 4.79 Å². The van der Waals surface area contributed by atoms with E-state index < -0.39 is 17.6 Å². The highest BCUT2D eigenvalue weighted by Gasteiger charge is 2.24. The number of thiophene rings is 1. The van der Waals surface area contributed by atoms with Crippen molar-refractivity contribution in [2.24, 2.45) is 0 Å². The first kappa shape index (κ1) is 15.5. The molecule has 0 saturated carbocycles. The van der Waals surface area contributed by atoms with Gasteiger partial charge in [0.15, 0.2) is 0 Å². The van der Waals surface area contributed by atoms with Crippen molar-refractivity contribution < 1.29 is 19.1 Å². The molecule has 0 fully saturated rings. The molecule has 1 aromatic heterocycles.